The first-order valence-electron chi connectivity index (χ1n) is 5.99. The summed E-state index contributed by atoms with van der Waals surface area (Å²) in [6, 6.07) is 6.43. The summed E-state index contributed by atoms with van der Waals surface area (Å²) in [5, 5.41) is 0. The van der Waals surface area contributed by atoms with Crippen LogP contribution in [0.25, 0.3) is 0 Å². The van der Waals surface area contributed by atoms with E-state index in [4.69, 9.17) is 4.74 Å². The van der Waals surface area contributed by atoms with Gasteiger partial charge in [-0.2, -0.15) is 0 Å². The van der Waals surface area contributed by atoms with Crippen LogP contribution in [0.5, 0.6) is 0 Å². The standard InChI is InChI=1S/C14H16O2/c1-2-13(15)14(5-6-14)12-4-3-10-8-16-9-11(10)7-12/h3-4,7H,2,5-6,8-9H2,1H3. The number of Topliss-reactive ketones (excluding diaryl/α,β-unsaturated/α-hetero) is 1. The summed E-state index contributed by atoms with van der Waals surface area (Å²) in [4.78, 5) is 12.0. The quantitative estimate of drug-likeness (QED) is 0.776. The van der Waals surface area contributed by atoms with E-state index >= 15 is 0 Å². The number of hydrogen-bond acceptors (Lipinski definition) is 2. The molecule has 0 unspecified atom stereocenters. The van der Waals surface area contributed by atoms with Crippen molar-refractivity contribution in [1.82, 2.24) is 0 Å². The molecule has 2 heteroatoms. The van der Waals surface area contributed by atoms with Crippen molar-refractivity contribution in [3.63, 3.8) is 0 Å². The van der Waals surface area contributed by atoms with Crippen molar-refractivity contribution in [3.05, 3.63) is 34.9 Å². The minimum Gasteiger partial charge on any atom is -0.372 e. The monoisotopic (exact) mass is 216 g/mol. The van der Waals surface area contributed by atoms with Crippen LogP contribution in [0.1, 0.15) is 42.9 Å². The van der Waals surface area contributed by atoms with Crippen LogP contribution in [0.2, 0.25) is 0 Å². The topological polar surface area (TPSA) is 26.3 Å². The summed E-state index contributed by atoms with van der Waals surface area (Å²) in [7, 11) is 0. The van der Waals surface area contributed by atoms with E-state index in [2.05, 4.69) is 18.2 Å². The minimum absolute atomic E-state index is 0.133. The Balaban J connectivity index is 1.99. The zero-order valence-corrected chi connectivity index (χ0v) is 9.58. The Hall–Kier alpha value is -1.15. The molecule has 1 aliphatic carbocycles. The predicted molar refractivity (Wildman–Crippen MR) is 61.1 cm³/mol. The lowest BCUT2D eigenvalue weighted by molar-refractivity contribution is -0.121. The Morgan fingerprint density at radius 3 is 2.75 bits per heavy atom. The van der Waals surface area contributed by atoms with Crippen molar-refractivity contribution < 1.29 is 9.53 Å². The van der Waals surface area contributed by atoms with E-state index in [0.29, 0.717) is 18.8 Å². The average molecular weight is 216 g/mol. The predicted octanol–water partition coefficient (Wildman–Crippen LogP) is 2.73. The molecule has 1 aromatic carbocycles. The molecule has 0 bridgehead atoms. The summed E-state index contributed by atoms with van der Waals surface area (Å²) in [6.45, 7) is 3.39. The highest BCUT2D eigenvalue weighted by Crippen LogP contribution is 2.50. The van der Waals surface area contributed by atoms with E-state index in [1.807, 2.05) is 6.92 Å². The molecule has 0 amide bonds. The number of ketones is 1. The fourth-order valence-corrected chi connectivity index (χ4v) is 2.66. The molecule has 1 aromatic rings. The van der Waals surface area contributed by atoms with Crippen LogP contribution in [0, 0.1) is 0 Å². The maximum Gasteiger partial charge on any atom is 0.143 e. The third-order valence-corrected chi connectivity index (χ3v) is 3.88. The molecule has 0 radical (unpaired) electrons. The van der Waals surface area contributed by atoms with Gasteiger partial charge in [-0.15, -0.1) is 0 Å². The molecule has 1 heterocycles. The Bertz CT molecular complexity index is 444. The van der Waals surface area contributed by atoms with Gasteiger partial charge in [0.15, 0.2) is 0 Å². The van der Waals surface area contributed by atoms with Crippen LogP contribution in [0.15, 0.2) is 18.2 Å². The molecular weight excluding hydrogens is 200 g/mol. The highest BCUT2D eigenvalue weighted by molar-refractivity contribution is 5.92. The molecule has 1 aliphatic heterocycles. The van der Waals surface area contributed by atoms with E-state index in [0.717, 1.165) is 19.4 Å². The molecule has 0 atom stereocenters. The molecule has 2 nitrogen and oxygen atoms in total. The van der Waals surface area contributed by atoms with E-state index in [-0.39, 0.29) is 5.41 Å². The fraction of sp³-hybridized carbons (Fsp3) is 0.500. The van der Waals surface area contributed by atoms with E-state index in [1.54, 1.807) is 0 Å². The molecule has 0 N–H and O–H groups in total. The highest BCUT2D eigenvalue weighted by Gasteiger charge is 2.49. The van der Waals surface area contributed by atoms with Crippen molar-refractivity contribution >= 4 is 5.78 Å². The second-order valence-electron chi connectivity index (χ2n) is 4.84. The molecule has 1 saturated carbocycles. The number of fused-ring (bicyclic) bond motifs is 1. The van der Waals surface area contributed by atoms with Crippen LogP contribution in [0.4, 0.5) is 0 Å². The Morgan fingerprint density at radius 1 is 1.31 bits per heavy atom. The van der Waals surface area contributed by atoms with Gasteiger partial charge in [0, 0.05) is 6.42 Å². The molecule has 3 rings (SSSR count). The normalized spacial score (nSPS) is 20.6. The molecule has 16 heavy (non-hydrogen) atoms. The number of hydrogen-bond donors (Lipinski definition) is 0. The lowest BCUT2D eigenvalue weighted by Gasteiger charge is -2.14. The molecule has 0 saturated heterocycles. The van der Waals surface area contributed by atoms with Gasteiger partial charge in [-0.1, -0.05) is 25.1 Å². The second-order valence-corrected chi connectivity index (χ2v) is 4.84. The summed E-state index contributed by atoms with van der Waals surface area (Å²) in [5.41, 5.74) is 3.63. The zero-order valence-electron chi connectivity index (χ0n) is 9.58. The van der Waals surface area contributed by atoms with E-state index in [9.17, 15) is 4.79 Å². The van der Waals surface area contributed by atoms with Crippen LogP contribution in [0.3, 0.4) is 0 Å². The van der Waals surface area contributed by atoms with Crippen LogP contribution in [-0.2, 0) is 28.2 Å². The van der Waals surface area contributed by atoms with Crippen molar-refractivity contribution in [2.45, 2.75) is 44.8 Å². The first kappa shape index (κ1) is 10.0. The first-order chi connectivity index (χ1) is 7.76. The average Bonchev–Trinajstić information content (AvgIpc) is 3.00. The third kappa shape index (κ3) is 1.33. The number of carbonyl (C=O) groups excluding carboxylic acids is 1. The van der Waals surface area contributed by atoms with Gasteiger partial charge in [0.05, 0.1) is 18.6 Å². The SMILES string of the molecule is CCC(=O)C1(c2ccc3c(c2)COC3)CC1. The molecule has 0 aromatic heterocycles. The van der Waals surface area contributed by atoms with Crippen LogP contribution < -0.4 is 0 Å². The third-order valence-electron chi connectivity index (χ3n) is 3.88. The van der Waals surface area contributed by atoms with Gasteiger partial charge < -0.3 is 4.74 Å². The summed E-state index contributed by atoms with van der Waals surface area (Å²) in [6.07, 6.45) is 2.70. The van der Waals surface area contributed by atoms with Crippen molar-refractivity contribution in [3.8, 4) is 0 Å². The summed E-state index contributed by atoms with van der Waals surface area (Å²) in [5.74, 6) is 0.395. The highest BCUT2D eigenvalue weighted by atomic mass is 16.5. The van der Waals surface area contributed by atoms with E-state index < -0.39 is 0 Å². The van der Waals surface area contributed by atoms with Crippen LogP contribution in [-0.4, -0.2) is 5.78 Å². The van der Waals surface area contributed by atoms with Gasteiger partial charge in [0.1, 0.15) is 5.78 Å². The van der Waals surface area contributed by atoms with Gasteiger partial charge in [0.25, 0.3) is 0 Å². The lowest BCUT2D eigenvalue weighted by Crippen LogP contribution is -2.19. The van der Waals surface area contributed by atoms with Gasteiger partial charge in [-0.05, 0) is 29.5 Å². The number of benzene rings is 1. The maximum atomic E-state index is 12.0. The molecular formula is C14H16O2. The molecule has 1 fully saturated rings. The molecule has 0 spiro atoms. The lowest BCUT2D eigenvalue weighted by atomic mass is 9.88. The number of rotatable bonds is 3. The Kier molecular flexibility index (Phi) is 2.15. The molecule has 2 aliphatic rings. The summed E-state index contributed by atoms with van der Waals surface area (Å²) >= 11 is 0. The van der Waals surface area contributed by atoms with Gasteiger partial charge in [-0.3, -0.25) is 4.79 Å². The molecule has 84 valence electrons. The minimum atomic E-state index is -0.133. The van der Waals surface area contributed by atoms with Crippen molar-refractivity contribution in [2.24, 2.45) is 0 Å². The zero-order chi connectivity index (χ0) is 11.2. The summed E-state index contributed by atoms with van der Waals surface area (Å²) < 4.78 is 5.40. The van der Waals surface area contributed by atoms with Crippen molar-refractivity contribution in [2.75, 3.05) is 0 Å². The van der Waals surface area contributed by atoms with Crippen molar-refractivity contribution in [1.29, 1.82) is 0 Å². The van der Waals surface area contributed by atoms with Gasteiger partial charge in [-0.25, -0.2) is 0 Å². The maximum absolute atomic E-state index is 12.0. The number of carbonyl (C=O) groups is 1. The fourth-order valence-electron chi connectivity index (χ4n) is 2.66. The smallest absolute Gasteiger partial charge is 0.143 e. The van der Waals surface area contributed by atoms with Gasteiger partial charge >= 0.3 is 0 Å². The van der Waals surface area contributed by atoms with Gasteiger partial charge in [0.2, 0.25) is 0 Å². The second kappa shape index (κ2) is 3.42. The van der Waals surface area contributed by atoms with Crippen LogP contribution >= 0.6 is 0 Å². The largest absolute Gasteiger partial charge is 0.372 e. The van der Waals surface area contributed by atoms with E-state index in [1.165, 1.54) is 16.7 Å². The Labute approximate surface area is 95.6 Å². The Morgan fingerprint density at radius 2 is 2.06 bits per heavy atom. The number of ether oxygens (including phenoxy) is 1. The first-order valence-corrected chi connectivity index (χ1v) is 5.99.